The lowest BCUT2D eigenvalue weighted by Crippen LogP contribution is -1.92. The van der Waals surface area contributed by atoms with Gasteiger partial charge < -0.3 is 5.32 Å². The van der Waals surface area contributed by atoms with E-state index in [1.807, 2.05) is 25.1 Å². The van der Waals surface area contributed by atoms with Gasteiger partial charge in [-0.05, 0) is 48.9 Å². The summed E-state index contributed by atoms with van der Waals surface area (Å²) < 4.78 is 15.2. The van der Waals surface area contributed by atoms with Crippen LogP contribution in [0.2, 0.25) is 0 Å². The quantitative estimate of drug-likeness (QED) is 0.691. The van der Waals surface area contributed by atoms with Gasteiger partial charge in [-0.2, -0.15) is 0 Å². The van der Waals surface area contributed by atoms with Crippen molar-refractivity contribution in [3.63, 3.8) is 0 Å². The molecule has 0 spiro atoms. The Morgan fingerprint density at radius 3 is 2.84 bits per heavy atom. The number of nitrogens with zero attached hydrogens (tertiary/aromatic N) is 1. The molecule has 0 unspecified atom stereocenters. The Balaban J connectivity index is 1.96. The fraction of sp³-hybridized carbons (Fsp3) is 0.0714. The van der Waals surface area contributed by atoms with Crippen molar-refractivity contribution in [1.82, 2.24) is 4.98 Å². The van der Waals surface area contributed by atoms with E-state index in [1.54, 1.807) is 17.4 Å². The molecular weight excluding hydrogens is 327 g/mol. The fourth-order valence-electron chi connectivity index (χ4n) is 1.83. The van der Waals surface area contributed by atoms with Gasteiger partial charge in [-0.1, -0.05) is 27.3 Å². The predicted molar refractivity (Wildman–Crippen MR) is 81.7 cm³/mol. The molecule has 1 aromatic heterocycles. The van der Waals surface area contributed by atoms with Crippen LogP contribution >= 0.6 is 27.3 Å². The average molecular weight is 337 g/mol. The largest absolute Gasteiger partial charge is 0.331 e. The molecule has 2 aromatic carbocycles. The summed E-state index contributed by atoms with van der Waals surface area (Å²) in [4.78, 5) is 4.51. The Kier molecular flexibility index (Phi) is 3.24. The van der Waals surface area contributed by atoms with Crippen molar-refractivity contribution in [3.05, 3.63) is 52.3 Å². The van der Waals surface area contributed by atoms with Gasteiger partial charge in [0.15, 0.2) is 5.13 Å². The van der Waals surface area contributed by atoms with Gasteiger partial charge in [0.05, 0.1) is 10.2 Å². The molecule has 0 aliphatic rings. The molecule has 3 rings (SSSR count). The van der Waals surface area contributed by atoms with Crippen LogP contribution in [0.15, 0.2) is 40.9 Å². The lowest BCUT2D eigenvalue weighted by molar-refractivity contribution is 0.627. The third-order valence-electron chi connectivity index (χ3n) is 2.78. The van der Waals surface area contributed by atoms with E-state index >= 15 is 0 Å². The second-order valence-electron chi connectivity index (χ2n) is 4.22. The van der Waals surface area contributed by atoms with E-state index < -0.39 is 0 Å². The van der Waals surface area contributed by atoms with Gasteiger partial charge in [-0.25, -0.2) is 9.37 Å². The summed E-state index contributed by atoms with van der Waals surface area (Å²) in [6.07, 6.45) is 0. The van der Waals surface area contributed by atoms with E-state index in [0.29, 0.717) is 0 Å². The topological polar surface area (TPSA) is 24.9 Å². The molecule has 0 saturated carbocycles. The number of aryl methyl sites for hydroxylation is 1. The number of thiazole rings is 1. The number of anilines is 2. The van der Waals surface area contributed by atoms with Gasteiger partial charge in [-0.15, -0.1) is 0 Å². The zero-order chi connectivity index (χ0) is 13.4. The van der Waals surface area contributed by atoms with E-state index in [4.69, 9.17) is 0 Å². The molecule has 3 aromatic rings. The molecule has 5 heteroatoms. The highest BCUT2D eigenvalue weighted by molar-refractivity contribution is 9.10. The van der Waals surface area contributed by atoms with Crippen LogP contribution in [0.25, 0.3) is 10.2 Å². The highest BCUT2D eigenvalue weighted by Gasteiger charge is 2.06. The van der Waals surface area contributed by atoms with Crippen LogP contribution in [0.4, 0.5) is 15.2 Å². The molecule has 96 valence electrons. The highest BCUT2D eigenvalue weighted by Crippen LogP contribution is 2.31. The molecule has 0 amide bonds. The summed E-state index contributed by atoms with van der Waals surface area (Å²) in [6.45, 7) is 1.87. The molecule has 1 heterocycles. The molecule has 0 fully saturated rings. The van der Waals surface area contributed by atoms with Crippen molar-refractivity contribution in [2.24, 2.45) is 0 Å². The van der Waals surface area contributed by atoms with E-state index in [1.165, 1.54) is 12.1 Å². The molecule has 0 bridgehead atoms. The zero-order valence-electron chi connectivity index (χ0n) is 10.1. The van der Waals surface area contributed by atoms with Crippen LogP contribution in [-0.4, -0.2) is 4.98 Å². The Labute approximate surface area is 122 Å². The third-order valence-corrected chi connectivity index (χ3v) is 4.21. The summed E-state index contributed by atoms with van der Waals surface area (Å²) in [5.41, 5.74) is 2.69. The van der Waals surface area contributed by atoms with Crippen LogP contribution in [0.1, 0.15) is 5.56 Å². The minimum Gasteiger partial charge on any atom is -0.331 e. The number of benzene rings is 2. The first-order chi connectivity index (χ1) is 9.11. The molecule has 0 atom stereocenters. The van der Waals surface area contributed by atoms with Gasteiger partial charge >= 0.3 is 0 Å². The Morgan fingerprint density at radius 1 is 1.21 bits per heavy atom. The number of fused-ring (bicyclic) bond motifs is 1. The summed E-state index contributed by atoms with van der Waals surface area (Å²) in [5, 5.41) is 4.04. The Morgan fingerprint density at radius 2 is 2.05 bits per heavy atom. The summed E-state index contributed by atoms with van der Waals surface area (Å²) in [6, 6.07) is 10.7. The summed E-state index contributed by atoms with van der Waals surface area (Å²) in [7, 11) is 0. The molecule has 0 aliphatic carbocycles. The second-order valence-corrected chi connectivity index (χ2v) is 6.16. The summed E-state index contributed by atoms with van der Waals surface area (Å²) in [5.74, 6) is -0.226. The predicted octanol–water partition coefficient (Wildman–Crippen LogP) is 5.25. The van der Waals surface area contributed by atoms with E-state index in [2.05, 4.69) is 26.2 Å². The van der Waals surface area contributed by atoms with E-state index in [-0.39, 0.29) is 5.82 Å². The van der Waals surface area contributed by atoms with Gasteiger partial charge in [-0.3, -0.25) is 0 Å². The smallest absolute Gasteiger partial charge is 0.188 e. The van der Waals surface area contributed by atoms with Crippen LogP contribution in [0, 0.1) is 12.7 Å². The lowest BCUT2D eigenvalue weighted by Gasteiger charge is -2.05. The number of halogens is 2. The molecule has 1 N–H and O–H groups in total. The second kappa shape index (κ2) is 4.90. The molecule has 19 heavy (non-hydrogen) atoms. The minimum absolute atomic E-state index is 0.226. The third kappa shape index (κ3) is 2.62. The van der Waals surface area contributed by atoms with Gasteiger partial charge in [0.1, 0.15) is 5.82 Å². The Hall–Kier alpha value is -1.46. The molecular formula is C14H10BrFN2S. The molecule has 0 radical (unpaired) electrons. The van der Waals surface area contributed by atoms with E-state index in [9.17, 15) is 4.39 Å². The first-order valence-corrected chi connectivity index (χ1v) is 7.32. The highest BCUT2D eigenvalue weighted by atomic mass is 79.9. The van der Waals surface area contributed by atoms with Crippen molar-refractivity contribution in [3.8, 4) is 0 Å². The summed E-state index contributed by atoms with van der Waals surface area (Å²) >= 11 is 5.02. The monoisotopic (exact) mass is 336 g/mol. The van der Waals surface area contributed by atoms with Crippen molar-refractivity contribution in [2.45, 2.75) is 6.92 Å². The maximum Gasteiger partial charge on any atom is 0.188 e. The van der Waals surface area contributed by atoms with Crippen molar-refractivity contribution >= 4 is 48.3 Å². The average Bonchev–Trinajstić information content (AvgIpc) is 2.74. The SMILES string of the molecule is Cc1cc(F)ccc1Nc1nc2ccc(Br)cc2s1. The molecule has 0 aliphatic heterocycles. The standard InChI is InChI=1S/C14H10BrFN2S/c1-8-6-10(16)3-5-11(8)17-14-18-12-4-2-9(15)7-13(12)19-14/h2-7H,1H3,(H,17,18). The fourth-order valence-corrected chi connectivity index (χ4v) is 3.26. The number of rotatable bonds is 2. The lowest BCUT2D eigenvalue weighted by atomic mass is 10.2. The number of hydrogen-bond acceptors (Lipinski definition) is 3. The number of aromatic nitrogens is 1. The van der Waals surface area contributed by atoms with Crippen LogP contribution in [-0.2, 0) is 0 Å². The van der Waals surface area contributed by atoms with Crippen molar-refractivity contribution in [1.29, 1.82) is 0 Å². The van der Waals surface area contributed by atoms with Crippen LogP contribution in [0.5, 0.6) is 0 Å². The first-order valence-electron chi connectivity index (χ1n) is 5.71. The van der Waals surface area contributed by atoms with Crippen molar-refractivity contribution in [2.75, 3.05) is 5.32 Å². The van der Waals surface area contributed by atoms with Crippen LogP contribution < -0.4 is 5.32 Å². The first kappa shape index (κ1) is 12.6. The minimum atomic E-state index is -0.226. The normalized spacial score (nSPS) is 10.9. The van der Waals surface area contributed by atoms with Gasteiger partial charge in [0, 0.05) is 10.2 Å². The maximum atomic E-state index is 13.1. The van der Waals surface area contributed by atoms with Crippen molar-refractivity contribution < 1.29 is 4.39 Å². The maximum absolute atomic E-state index is 13.1. The van der Waals surface area contributed by atoms with Gasteiger partial charge in [0.2, 0.25) is 0 Å². The molecule has 2 nitrogen and oxygen atoms in total. The Bertz CT molecular complexity index is 754. The molecule has 0 saturated heterocycles. The van der Waals surface area contributed by atoms with E-state index in [0.717, 1.165) is 31.1 Å². The van der Waals surface area contributed by atoms with Gasteiger partial charge in [0.25, 0.3) is 0 Å². The van der Waals surface area contributed by atoms with Crippen LogP contribution in [0.3, 0.4) is 0 Å². The number of hydrogen-bond donors (Lipinski definition) is 1. The number of nitrogens with one attached hydrogen (secondary N) is 1. The zero-order valence-corrected chi connectivity index (χ0v) is 12.5.